The molecule has 0 spiro atoms. The quantitative estimate of drug-likeness (QED) is 0.614. The molecule has 1 aromatic carbocycles. The van der Waals surface area contributed by atoms with Crippen LogP contribution in [0.4, 0.5) is 0 Å². The highest BCUT2D eigenvalue weighted by atomic mass is 16.5. The molecule has 1 nitrogen and oxygen atoms in total. The van der Waals surface area contributed by atoms with Crippen LogP contribution in [0, 0.1) is 5.92 Å². The zero-order chi connectivity index (χ0) is 9.97. The third kappa shape index (κ3) is 1.88. The summed E-state index contributed by atoms with van der Waals surface area (Å²) in [6.07, 6.45) is 1.32. The summed E-state index contributed by atoms with van der Waals surface area (Å²) in [5, 5.41) is 0. The van der Waals surface area contributed by atoms with E-state index >= 15 is 0 Å². The van der Waals surface area contributed by atoms with Gasteiger partial charge in [0.1, 0.15) is 0 Å². The normalized spacial score (nSPS) is 27.6. The second kappa shape index (κ2) is 3.97. The van der Waals surface area contributed by atoms with Gasteiger partial charge in [0, 0.05) is 0 Å². The van der Waals surface area contributed by atoms with Gasteiger partial charge in [-0.15, -0.1) is 0 Å². The first kappa shape index (κ1) is 9.47. The van der Waals surface area contributed by atoms with Crippen molar-refractivity contribution in [2.24, 2.45) is 5.92 Å². The molecular weight excluding hydrogens is 172 g/mol. The minimum absolute atomic E-state index is 0.261. The van der Waals surface area contributed by atoms with E-state index in [0.29, 0.717) is 12.5 Å². The molecule has 1 aliphatic heterocycles. The fourth-order valence-corrected chi connectivity index (χ4v) is 1.81. The van der Waals surface area contributed by atoms with Crippen molar-refractivity contribution < 1.29 is 4.74 Å². The Labute approximate surface area is 85.4 Å². The Hall–Kier alpha value is -1.08. The first-order chi connectivity index (χ1) is 6.77. The molecule has 14 heavy (non-hydrogen) atoms. The zero-order valence-corrected chi connectivity index (χ0v) is 8.57. The molecule has 0 aliphatic carbocycles. The summed E-state index contributed by atoms with van der Waals surface area (Å²) in [6, 6.07) is 10.4. The first-order valence-corrected chi connectivity index (χ1v) is 5.11. The third-order valence-corrected chi connectivity index (χ3v) is 2.91. The van der Waals surface area contributed by atoms with Crippen LogP contribution in [0.25, 0.3) is 0 Å². The Morgan fingerprint density at radius 2 is 2.00 bits per heavy atom. The fourth-order valence-electron chi connectivity index (χ4n) is 1.81. The second-order valence-corrected chi connectivity index (χ2v) is 4.01. The van der Waals surface area contributed by atoms with E-state index in [4.69, 9.17) is 4.74 Å². The summed E-state index contributed by atoms with van der Waals surface area (Å²) >= 11 is 0. The summed E-state index contributed by atoms with van der Waals surface area (Å²) in [5.74, 6) is 0.578. The molecule has 0 aromatic heterocycles. The Balaban J connectivity index is 2.11. The minimum atomic E-state index is 0.261. The highest BCUT2D eigenvalue weighted by Gasteiger charge is 2.22. The zero-order valence-electron chi connectivity index (χ0n) is 8.57. The van der Waals surface area contributed by atoms with Gasteiger partial charge in [-0.25, -0.2) is 0 Å². The van der Waals surface area contributed by atoms with Crippen molar-refractivity contribution in [3.05, 3.63) is 48.0 Å². The molecule has 2 unspecified atom stereocenters. The van der Waals surface area contributed by atoms with Gasteiger partial charge in [0.15, 0.2) is 0 Å². The van der Waals surface area contributed by atoms with Crippen molar-refractivity contribution in [3.8, 4) is 0 Å². The highest BCUT2D eigenvalue weighted by Crippen LogP contribution is 2.33. The van der Waals surface area contributed by atoms with Crippen LogP contribution in [0.3, 0.4) is 0 Å². The molecule has 0 amide bonds. The molecule has 0 N–H and O–H groups in total. The van der Waals surface area contributed by atoms with Crippen molar-refractivity contribution in [2.45, 2.75) is 19.4 Å². The van der Waals surface area contributed by atoms with Crippen LogP contribution in [0.1, 0.15) is 25.0 Å². The lowest BCUT2D eigenvalue weighted by molar-refractivity contribution is 0.0259. The van der Waals surface area contributed by atoms with Gasteiger partial charge in [0.25, 0.3) is 0 Å². The maximum Gasteiger partial charge on any atom is 0.0835 e. The van der Waals surface area contributed by atoms with E-state index in [2.05, 4.69) is 37.8 Å². The number of benzene rings is 1. The highest BCUT2D eigenvalue weighted by molar-refractivity contribution is 5.19. The molecule has 2 atom stereocenters. The summed E-state index contributed by atoms with van der Waals surface area (Å²) < 4.78 is 5.75. The van der Waals surface area contributed by atoms with Crippen LogP contribution in [0.5, 0.6) is 0 Å². The van der Waals surface area contributed by atoms with E-state index in [-0.39, 0.29) is 6.10 Å². The molecule has 1 aromatic rings. The largest absolute Gasteiger partial charge is 0.369 e. The minimum Gasteiger partial charge on any atom is -0.369 e. The van der Waals surface area contributed by atoms with Crippen molar-refractivity contribution in [1.82, 2.24) is 0 Å². The first-order valence-electron chi connectivity index (χ1n) is 5.11. The summed E-state index contributed by atoms with van der Waals surface area (Å²) in [6.45, 7) is 6.93. The summed E-state index contributed by atoms with van der Waals surface area (Å²) in [4.78, 5) is 0. The SMILES string of the molecule is C=C1COC(c2ccccc2)CC1C. The Morgan fingerprint density at radius 1 is 1.29 bits per heavy atom. The molecule has 1 saturated heterocycles. The van der Waals surface area contributed by atoms with Crippen molar-refractivity contribution >= 4 is 0 Å². The Morgan fingerprint density at radius 3 is 2.64 bits per heavy atom. The molecule has 0 bridgehead atoms. The topological polar surface area (TPSA) is 9.23 Å². The average molecular weight is 188 g/mol. The second-order valence-electron chi connectivity index (χ2n) is 4.01. The van der Waals surface area contributed by atoms with E-state index in [0.717, 1.165) is 6.42 Å². The van der Waals surface area contributed by atoms with Crippen LogP contribution in [-0.2, 0) is 4.74 Å². The van der Waals surface area contributed by atoms with Crippen LogP contribution < -0.4 is 0 Å². The maximum atomic E-state index is 5.75. The van der Waals surface area contributed by atoms with Gasteiger partial charge in [0.05, 0.1) is 12.7 Å². The molecule has 1 aliphatic rings. The van der Waals surface area contributed by atoms with E-state index in [9.17, 15) is 0 Å². The molecule has 74 valence electrons. The van der Waals surface area contributed by atoms with Crippen molar-refractivity contribution in [2.75, 3.05) is 6.61 Å². The molecule has 1 fully saturated rings. The monoisotopic (exact) mass is 188 g/mol. The van der Waals surface area contributed by atoms with Gasteiger partial charge < -0.3 is 4.74 Å². The van der Waals surface area contributed by atoms with E-state index < -0.39 is 0 Å². The fraction of sp³-hybridized carbons (Fsp3) is 0.385. The number of ether oxygens (including phenoxy) is 1. The molecular formula is C13H16O. The predicted octanol–water partition coefficient (Wildman–Crippen LogP) is 3.34. The standard InChI is InChI=1S/C13H16O/c1-10-8-13(14-9-11(10)2)12-6-4-3-5-7-12/h3-7,10,13H,2,8-9H2,1H3. The van der Waals surface area contributed by atoms with Gasteiger partial charge in [-0.1, -0.05) is 43.8 Å². The van der Waals surface area contributed by atoms with Crippen LogP contribution in [-0.4, -0.2) is 6.61 Å². The Kier molecular flexibility index (Phi) is 2.69. The van der Waals surface area contributed by atoms with Gasteiger partial charge in [0.2, 0.25) is 0 Å². The predicted molar refractivity (Wildman–Crippen MR) is 58.1 cm³/mol. The maximum absolute atomic E-state index is 5.75. The van der Waals surface area contributed by atoms with Crippen molar-refractivity contribution in [1.29, 1.82) is 0 Å². The average Bonchev–Trinajstić information content (AvgIpc) is 2.23. The smallest absolute Gasteiger partial charge is 0.0835 e. The van der Waals surface area contributed by atoms with E-state index in [1.54, 1.807) is 0 Å². The molecule has 0 radical (unpaired) electrons. The summed E-state index contributed by atoms with van der Waals surface area (Å²) in [5.41, 5.74) is 2.50. The lowest BCUT2D eigenvalue weighted by Gasteiger charge is -2.29. The van der Waals surface area contributed by atoms with Gasteiger partial charge in [-0.2, -0.15) is 0 Å². The van der Waals surface area contributed by atoms with Crippen LogP contribution >= 0.6 is 0 Å². The molecule has 0 saturated carbocycles. The van der Waals surface area contributed by atoms with Crippen molar-refractivity contribution in [3.63, 3.8) is 0 Å². The third-order valence-electron chi connectivity index (χ3n) is 2.91. The number of hydrogen-bond donors (Lipinski definition) is 0. The van der Waals surface area contributed by atoms with Gasteiger partial charge in [-0.3, -0.25) is 0 Å². The van der Waals surface area contributed by atoms with Gasteiger partial charge in [-0.05, 0) is 23.5 Å². The Bertz CT molecular complexity index is 315. The number of hydrogen-bond acceptors (Lipinski definition) is 1. The number of rotatable bonds is 1. The van der Waals surface area contributed by atoms with E-state index in [1.165, 1.54) is 11.1 Å². The van der Waals surface area contributed by atoms with Crippen LogP contribution in [0.2, 0.25) is 0 Å². The van der Waals surface area contributed by atoms with Gasteiger partial charge >= 0.3 is 0 Å². The molecule has 1 heterocycles. The molecule has 2 rings (SSSR count). The van der Waals surface area contributed by atoms with E-state index in [1.807, 2.05) is 6.07 Å². The van der Waals surface area contributed by atoms with Crippen LogP contribution in [0.15, 0.2) is 42.5 Å². The lowest BCUT2D eigenvalue weighted by atomic mass is 9.90. The lowest BCUT2D eigenvalue weighted by Crippen LogP contribution is -2.19. The summed E-state index contributed by atoms with van der Waals surface area (Å²) in [7, 11) is 0. The molecule has 1 heteroatoms.